The van der Waals surface area contributed by atoms with Gasteiger partial charge in [-0.25, -0.2) is 4.98 Å². The summed E-state index contributed by atoms with van der Waals surface area (Å²) in [4.78, 5) is 21.2. The smallest absolute Gasteiger partial charge is 0.230 e. The van der Waals surface area contributed by atoms with Crippen LogP contribution < -0.4 is 5.32 Å². The van der Waals surface area contributed by atoms with Gasteiger partial charge in [0.25, 0.3) is 0 Å². The lowest BCUT2D eigenvalue weighted by molar-refractivity contribution is -0.119. The van der Waals surface area contributed by atoms with Crippen molar-refractivity contribution in [2.75, 3.05) is 5.75 Å². The molecule has 1 aliphatic carbocycles. The second kappa shape index (κ2) is 9.90. The van der Waals surface area contributed by atoms with E-state index in [9.17, 15) is 4.79 Å². The van der Waals surface area contributed by atoms with E-state index in [4.69, 9.17) is 4.98 Å². The van der Waals surface area contributed by atoms with E-state index in [0.29, 0.717) is 5.75 Å². The molecule has 0 bridgehead atoms. The number of nitrogens with one attached hydrogen (secondary N) is 2. The van der Waals surface area contributed by atoms with Gasteiger partial charge in [-0.3, -0.25) is 4.79 Å². The molecule has 5 rings (SSSR count). The van der Waals surface area contributed by atoms with E-state index in [1.165, 1.54) is 34.0 Å². The Hall–Kier alpha value is -3.31. The zero-order chi connectivity index (χ0) is 23.5. The van der Waals surface area contributed by atoms with Crippen molar-refractivity contribution in [3.05, 3.63) is 95.1 Å². The van der Waals surface area contributed by atoms with Gasteiger partial charge >= 0.3 is 0 Å². The summed E-state index contributed by atoms with van der Waals surface area (Å²) < 4.78 is 0. The highest BCUT2D eigenvalue weighted by molar-refractivity contribution is 7.99. The molecule has 0 fully saturated rings. The lowest BCUT2D eigenvalue weighted by Crippen LogP contribution is -2.32. The molecule has 1 aliphatic rings. The van der Waals surface area contributed by atoms with Crippen LogP contribution >= 0.6 is 11.8 Å². The SMILES string of the molecule is Cc1ccc(-c2nc(SCC(=O)NC3CCCc4ccccc43)[nH]c2-c2ccc(C)cc2)cc1. The quantitative estimate of drug-likeness (QED) is 0.312. The van der Waals surface area contributed by atoms with Gasteiger partial charge < -0.3 is 10.3 Å². The number of aryl methyl sites for hydroxylation is 3. The molecule has 34 heavy (non-hydrogen) atoms. The number of nitrogens with zero attached hydrogens (tertiary/aromatic N) is 1. The third kappa shape index (κ3) is 4.95. The van der Waals surface area contributed by atoms with Crippen LogP contribution in [0.15, 0.2) is 78.0 Å². The Morgan fingerprint density at radius 2 is 1.65 bits per heavy atom. The minimum Gasteiger partial charge on any atom is -0.349 e. The number of imidazole rings is 1. The summed E-state index contributed by atoms with van der Waals surface area (Å²) in [7, 11) is 0. The van der Waals surface area contributed by atoms with E-state index in [1.54, 1.807) is 0 Å². The Morgan fingerprint density at radius 1 is 0.971 bits per heavy atom. The van der Waals surface area contributed by atoms with Crippen LogP contribution in [0, 0.1) is 13.8 Å². The standard InChI is InChI=1S/C29H29N3OS/c1-19-10-14-22(15-11-19)27-28(23-16-12-20(2)13-17-23)32-29(31-27)34-18-26(33)30-25-9-5-7-21-6-3-4-8-24(21)25/h3-4,6,8,10-17,25H,5,7,9,18H2,1-2H3,(H,30,33)(H,31,32). The molecule has 1 amide bonds. The van der Waals surface area contributed by atoms with E-state index in [2.05, 4.69) is 96.9 Å². The minimum atomic E-state index is 0.0388. The van der Waals surface area contributed by atoms with Crippen LogP contribution in [0.5, 0.6) is 0 Å². The van der Waals surface area contributed by atoms with Gasteiger partial charge in [-0.1, -0.05) is 95.7 Å². The average molecular weight is 468 g/mol. The van der Waals surface area contributed by atoms with Gasteiger partial charge in [-0.05, 0) is 44.2 Å². The van der Waals surface area contributed by atoms with Crippen molar-refractivity contribution in [2.24, 2.45) is 0 Å². The van der Waals surface area contributed by atoms with Crippen molar-refractivity contribution < 1.29 is 4.79 Å². The maximum atomic E-state index is 12.8. The number of thioether (sulfide) groups is 1. The van der Waals surface area contributed by atoms with Crippen LogP contribution in [0.3, 0.4) is 0 Å². The highest BCUT2D eigenvalue weighted by Crippen LogP contribution is 2.33. The molecule has 1 atom stereocenters. The summed E-state index contributed by atoms with van der Waals surface area (Å²) >= 11 is 1.45. The van der Waals surface area contributed by atoms with Crippen LogP contribution in [0.4, 0.5) is 0 Å². The van der Waals surface area contributed by atoms with Gasteiger partial charge in [-0.15, -0.1) is 0 Å². The minimum absolute atomic E-state index is 0.0388. The first-order valence-electron chi connectivity index (χ1n) is 11.8. The summed E-state index contributed by atoms with van der Waals surface area (Å²) in [5, 5.41) is 4.00. The summed E-state index contributed by atoms with van der Waals surface area (Å²) in [5.41, 5.74) is 9.08. The number of amides is 1. The maximum Gasteiger partial charge on any atom is 0.230 e. The van der Waals surface area contributed by atoms with Crippen LogP contribution in [-0.2, 0) is 11.2 Å². The molecular weight excluding hydrogens is 438 g/mol. The van der Waals surface area contributed by atoms with E-state index >= 15 is 0 Å². The topological polar surface area (TPSA) is 57.8 Å². The fourth-order valence-corrected chi connectivity index (χ4v) is 5.22. The Balaban J connectivity index is 1.34. The van der Waals surface area contributed by atoms with Crippen LogP contribution in [-0.4, -0.2) is 21.6 Å². The van der Waals surface area contributed by atoms with E-state index < -0.39 is 0 Å². The zero-order valence-corrected chi connectivity index (χ0v) is 20.4. The van der Waals surface area contributed by atoms with Gasteiger partial charge in [0.05, 0.1) is 23.2 Å². The molecule has 4 aromatic rings. The monoisotopic (exact) mass is 467 g/mol. The lowest BCUT2D eigenvalue weighted by Gasteiger charge is -2.26. The molecule has 1 unspecified atom stereocenters. The Morgan fingerprint density at radius 3 is 2.38 bits per heavy atom. The summed E-state index contributed by atoms with van der Waals surface area (Å²) in [5.74, 6) is 0.365. The molecule has 0 saturated carbocycles. The number of H-pyrrole nitrogens is 1. The molecule has 0 saturated heterocycles. The van der Waals surface area contributed by atoms with Crippen molar-refractivity contribution >= 4 is 17.7 Å². The van der Waals surface area contributed by atoms with E-state index in [1.807, 2.05) is 0 Å². The number of fused-ring (bicyclic) bond motifs is 1. The number of aromatic nitrogens is 2. The molecule has 172 valence electrons. The lowest BCUT2D eigenvalue weighted by atomic mass is 9.88. The molecular formula is C29H29N3OS. The number of benzene rings is 3. The summed E-state index contributed by atoms with van der Waals surface area (Å²) in [6.07, 6.45) is 3.18. The second-order valence-electron chi connectivity index (χ2n) is 9.00. The molecule has 3 aromatic carbocycles. The number of carbonyl (C=O) groups excluding carboxylic acids is 1. The van der Waals surface area contributed by atoms with E-state index in [0.717, 1.165) is 46.9 Å². The second-order valence-corrected chi connectivity index (χ2v) is 9.96. The van der Waals surface area contributed by atoms with Gasteiger partial charge in [0, 0.05) is 11.1 Å². The fraction of sp³-hybridized carbons (Fsp3) is 0.241. The van der Waals surface area contributed by atoms with Crippen molar-refractivity contribution in [3.63, 3.8) is 0 Å². The first-order chi connectivity index (χ1) is 16.6. The largest absolute Gasteiger partial charge is 0.349 e. The Kier molecular flexibility index (Phi) is 6.54. The molecule has 0 aliphatic heterocycles. The number of aromatic amines is 1. The van der Waals surface area contributed by atoms with Crippen LogP contribution in [0.1, 0.15) is 41.1 Å². The number of hydrogen-bond acceptors (Lipinski definition) is 3. The first-order valence-corrected chi connectivity index (χ1v) is 12.8. The third-order valence-electron chi connectivity index (χ3n) is 6.39. The number of hydrogen-bond donors (Lipinski definition) is 2. The van der Waals surface area contributed by atoms with Crippen molar-refractivity contribution in [1.82, 2.24) is 15.3 Å². The third-order valence-corrected chi connectivity index (χ3v) is 7.27. The van der Waals surface area contributed by atoms with Gasteiger partial charge in [0.1, 0.15) is 0 Å². The van der Waals surface area contributed by atoms with Gasteiger partial charge in [-0.2, -0.15) is 0 Å². The highest BCUT2D eigenvalue weighted by atomic mass is 32.2. The van der Waals surface area contributed by atoms with E-state index in [-0.39, 0.29) is 11.9 Å². The predicted molar refractivity (Wildman–Crippen MR) is 140 cm³/mol. The maximum absolute atomic E-state index is 12.8. The molecule has 2 N–H and O–H groups in total. The Labute approximate surface area is 205 Å². The summed E-state index contributed by atoms with van der Waals surface area (Å²) in [6.45, 7) is 4.17. The summed E-state index contributed by atoms with van der Waals surface area (Å²) in [6, 6.07) is 25.4. The molecule has 0 radical (unpaired) electrons. The normalized spacial score (nSPS) is 15.1. The molecule has 0 spiro atoms. The van der Waals surface area contributed by atoms with Crippen LogP contribution in [0.2, 0.25) is 0 Å². The van der Waals surface area contributed by atoms with Gasteiger partial charge in [0.2, 0.25) is 5.91 Å². The molecule has 4 nitrogen and oxygen atoms in total. The zero-order valence-electron chi connectivity index (χ0n) is 19.6. The average Bonchev–Trinajstić information content (AvgIpc) is 3.28. The first kappa shape index (κ1) is 22.5. The number of carbonyl (C=O) groups is 1. The molecule has 1 aromatic heterocycles. The predicted octanol–water partition coefficient (Wildman–Crippen LogP) is 6.65. The fourth-order valence-electron chi connectivity index (χ4n) is 4.54. The van der Waals surface area contributed by atoms with Crippen molar-refractivity contribution in [3.8, 4) is 22.5 Å². The molecule has 5 heteroatoms. The molecule has 1 heterocycles. The van der Waals surface area contributed by atoms with Gasteiger partial charge in [0.15, 0.2) is 5.16 Å². The highest BCUT2D eigenvalue weighted by Gasteiger charge is 2.22. The van der Waals surface area contributed by atoms with Crippen LogP contribution in [0.25, 0.3) is 22.5 Å². The van der Waals surface area contributed by atoms with Crippen molar-refractivity contribution in [2.45, 2.75) is 44.3 Å². The van der Waals surface area contributed by atoms with Crippen molar-refractivity contribution in [1.29, 1.82) is 0 Å². The Bertz CT molecular complexity index is 1230. The number of rotatable bonds is 6.